The quantitative estimate of drug-likeness (QED) is 0.172. The molecule has 0 aromatic heterocycles. The Hall–Kier alpha value is -0.430. The van der Waals surface area contributed by atoms with Crippen LogP contribution >= 0.6 is 7.37 Å². The Morgan fingerprint density at radius 2 is 1.94 bits per heavy atom. The van der Waals surface area contributed by atoms with Crippen molar-refractivity contribution in [1.29, 1.82) is 0 Å². The Balaban J connectivity index is 0.00000480. The summed E-state index contributed by atoms with van der Waals surface area (Å²) in [4.78, 5) is 11.2. The summed E-state index contributed by atoms with van der Waals surface area (Å²) in [5, 5.41) is 30.8. The molecule has 1 aliphatic carbocycles. The molecule has 1 aliphatic rings. The molecular weight excluding hydrogens is 426 g/mol. The second-order valence-corrected chi connectivity index (χ2v) is 10.6. The van der Waals surface area contributed by atoms with Gasteiger partial charge in [-0.2, -0.15) is 0 Å². The van der Waals surface area contributed by atoms with Gasteiger partial charge in [0, 0.05) is 26.1 Å². The van der Waals surface area contributed by atoms with Gasteiger partial charge in [-0.1, -0.05) is 42.5 Å². The third-order valence-electron chi connectivity index (χ3n) is 5.41. The summed E-state index contributed by atoms with van der Waals surface area (Å²) in [6.45, 7) is 1.64. The fourth-order valence-corrected chi connectivity index (χ4v) is 4.50. The molecule has 1 aromatic rings. The predicted octanol–water partition coefficient (Wildman–Crippen LogP) is -0.271. The van der Waals surface area contributed by atoms with Crippen LogP contribution in [0.2, 0.25) is 0 Å². The maximum atomic E-state index is 11.2. The van der Waals surface area contributed by atoms with Crippen LogP contribution in [0.15, 0.2) is 54.6 Å². The first kappa shape index (κ1) is 28.6. The van der Waals surface area contributed by atoms with Crippen LogP contribution in [0.3, 0.4) is 0 Å². The van der Waals surface area contributed by atoms with Crippen LogP contribution in [0, 0.1) is 11.8 Å². The van der Waals surface area contributed by atoms with Crippen LogP contribution in [-0.4, -0.2) is 53.1 Å². The van der Waals surface area contributed by atoms with E-state index < -0.39 is 25.7 Å². The first-order valence-corrected chi connectivity index (χ1v) is 12.8. The van der Waals surface area contributed by atoms with Crippen LogP contribution < -0.4 is 39.2 Å². The van der Waals surface area contributed by atoms with E-state index in [1.54, 1.807) is 12.2 Å². The maximum Gasteiger partial charge on any atom is 1.00 e. The molecule has 8 heteroatoms. The molecular formula is C23H34NaO6P. The van der Waals surface area contributed by atoms with Crippen molar-refractivity contribution < 1.29 is 59.1 Å². The topological polar surface area (TPSA) is 110 Å². The van der Waals surface area contributed by atoms with Gasteiger partial charge >= 0.3 is 29.6 Å². The Labute approximate surface area is 207 Å². The predicted molar refractivity (Wildman–Crippen MR) is 117 cm³/mol. The van der Waals surface area contributed by atoms with Gasteiger partial charge in [0.2, 0.25) is 0 Å². The van der Waals surface area contributed by atoms with Crippen molar-refractivity contribution in [3.05, 3.63) is 54.6 Å². The minimum atomic E-state index is -3.21. The molecule has 0 saturated heterocycles. The number of unbranched alkanes of at least 4 members (excludes halogenated alkanes) is 1. The molecule has 0 bridgehead atoms. The van der Waals surface area contributed by atoms with E-state index in [4.69, 9.17) is 4.74 Å². The second-order valence-electron chi connectivity index (χ2n) is 8.10. The zero-order valence-corrected chi connectivity index (χ0v) is 21.4. The number of aliphatic hydroxyl groups excluding tert-OH is 3. The average molecular weight is 460 g/mol. The maximum absolute atomic E-state index is 11.2. The van der Waals surface area contributed by atoms with Crippen LogP contribution in [0.1, 0.15) is 32.1 Å². The summed E-state index contributed by atoms with van der Waals surface area (Å²) >= 11 is 0. The van der Waals surface area contributed by atoms with Gasteiger partial charge < -0.3 is 29.5 Å². The molecule has 31 heavy (non-hydrogen) atoms. The summed E-state index contributed by atoms with van der Waals surface area (Å²) in [6.07, 6.45) is 8.22. The van der Waals surface area contributed by atoms with E-state index in [-0.39, 0.29) is 47.6 Å². The van der Waals surface area contributed by atoms with Crippen LogP contribution in [0.5, 0.6) is 5.75 Å². The molecule has 168 valence electrons. The third-order valence-corrected chi connectivity index (χ3v) is 6.54. The monoisotopic (exact) mass is 460 g/mol. The van der Waals surface area contributed by atoms with E-state index >= 15 is 0 Å². The van der Waals surface area contributed by atoms with Crippen molar-refractivity contribution in [2.45, 2.75) is 50.4 Å². The van der Waals surface area contributed by atoms with Crippen molar-refractivity contribution in [3.63, 3.8) is 0 Å². The van der Waals surface area contributed by atoms with Gasteiger partial charge in [-0.3, -0.25) is 0 Å². The standard InChI is InChI=1S/C23H35O6P.Na/c1-30(27,28)16-8-3-2-7-11-20-21(23(26)17-22(20)25)13-12-18(24)14-15-29-19-9-5-4-6-10-19;/h2,4-7,9-10,12-13,18,20-26H,3,8,11,14-17H2,1H3,(H,27,28);/q;+1/p-1/b7-2+,13-12+;. The summed E-state index contributed by atoms with van der Waals surface area (Å²) in [7, 11) is -3.21. The number of hydrogen-bond donors (Lipinski definition) is 3. The molecule has 0 aliphatic heterocycles. The van der Waals surface area contributed by atoms with Crippen molar-refractivity contribution in [2.75, 3.05) is 19.4 Å². The Morgan fingerprint density at radius 1 is 1.23 bits per heavy atom. The van der Waals surface area contributed by atoms with Gasteiger partial charge in [-0.15, -0.1) is 0 Å². The second kappa shape index (κ2) is 14.7. The van der Waals surface area contributed by atoms with Gasteiger partial charge in [0.05, 0.1) is 24.9 Å². The fraction of sp³-hybridized carbons (Fsp3) is 0.565. The van der Waals surface area contributed by atoms with Gasteiger partial charge in [-0.25, -0.2) is 0 Å². The first-order chi connectivity index (χ1) is 14.3. The van der Waals surface area contributed by atoms with Crippen molar-refractivity contribution >= 4 is 7.37 Å². The average Bonchev–Trinajstić information content (AvgIpc) is 2.95. The van der Waals surface area contributed by atoms with Crippen molar-refractivity contribution in [1.82, 2.24) is 0 Å². The van der Waals surface area contributed by atoms with E-state index in [2.05, 4.69) is 0 Å². The molecule has 0 radical (unpaired) electrons. The largest absolute Gasteiger partial charge is 1.00 e. The third kappa shape index (κ3) is 11.3. The van der Waals surface area contributed by atoms with Crippen molar-refractivity contribution in [2.24, 2.45) is 11.8 Å². The van der Waals surface area contributed by atoms with E-state index in [1.165, 1.54) is 6.66 Å². The van der Waals surface area contributed by atoms with Crippen molar-refractivity contribution in [3.8, 4) is 5.75 Å². The fourth-order valence-electron chi connectivity index (χ4n) is 3.74. The van der Waals surface area contributed by atoms with Gasteiger partial charge in [0.25, 0.3) is 0 Å². The number of rotatable bonds is 12. The molecule has 3 N–H and O–H groups in total. The van der Waals surface area contributed by atoms with E-state index in [0.717, 1.165) is 5.75 Å². The van der Waals surface area contributed by atoms with Gasteiger partial charge in [0.1, 0.15) is 5.75 Å². The van der Waals surface area contributed by atoms with Gasteiger partial charge in [-0.05, 0) is 50.1 Å². The van der Waals surface area contributed by atoms with E-state index in [0.29, 0.717) is 38.7 Å². The Bertz CT molecular complexity index is 720. The molecule has 0 heterocycles. The SMILES string of the molecule is CP(=O)([O-])CCC/C=C/CC1C(O)CC(O)C1/C=C/C(O)CCOc1ccccc1.[Na+]. The molecule has 1 fully saturated rings. The van der Waals surface area contributed by atoms with Crippen LogP contribution in [0.4, 0.5) is 0 Å². The number of ether oxygens (including phenoxy) is 1. The zero-order chi connectivity index (χ0) is 22.0. The number of benzene rings is 1. The smallest absolute Gasteiger partial charge is 0.799 e. The Morgan fingerprint density at radius 3 is 2.61 bits per heavy atom. The minimum absolute atomic E-state index is 0. The summed E-state index contributed by atoms with van der Waals surface area (Å²) in [6, 6.07) is 9.40. The number of aliphatic hydroxyl groups is 3. The first-order valence-electron chi connectivity index (χ1n) is 10.6. The molecule has 1 saturated carbocycles. The molecule has 2 rings (SSSR count). The normalized spacial score (nSPS) is 26.6. The molecule has 0 amide bonds. The van der Waals surface area contributed by atoms with Crippen LogP contribution in [-0.2, 0) is 4.57 Å². The van der Waals surface area contributed by atoms with E-state index in [1.807, 2.05) is 42.5 Å². The Kier molecular flexibility index (Phi) is 13.5. The van der Waals surface area contributed by atoms with Crippen LogP contribution in [0.25, 0.3) is 0 Å². The summed E-state index contributed by atoms with van der Waals surface area (Å²) in [5.41, 5.74) is 0. The zero-order valence-electron chi connectivity index (χ0n) is 18.5. The van der Waals surface area contributed by atoms with E-state index in [9.17, 15) is 24.8 Å². The number of hydrogen-bond acceptors (Lipinski definition) is 6. The molecule has 0 spiro atoms. The number of allylic oxidation sites excluding steroid dienone is 2. The molecule has 6 nitrogen and oxygen atoms in total. The molecule has 1 aromatic carbocycles. The molecule has 6 atom stereocenters. The van der Waals surface area contributed by atoms with Gasteiger partial charge in [0.15, 0.2) is 0 Å². The summed E-state index contributed by atoms with van der Waals surface area (Å²) < 4.78 is 16.8. The minimum Gasteiger partial charge on any atom is -0.799 e. The molecule has 6 unspecified atom stereocenters. The number of para-hydroxylation sites is 1. The summed E-state index contributed by atoms with van der Waals surface area (Å²) in [5.74, 6) is 0.399.